The van der Waals surface area contributed by atoms with Crippen LogP contribution in [-0.2, 0) is 0 Å². The number of aliphatic hydroxyl groups is 1. The molecule has 3 heteroatoms. The molecule has 0 atom stereocenters. The zero-order valence-electron chi connectivity index (χ0n) is 9.16. The van der Waals surface area contributed by atoms with Crippen LogP contribution in [0.1, 0.15) is 11.1 Å². The van der Waals surface area contributed by atoms with Gasteiger partial charge in [0.25, 0.3) is 0 Å². The molecule has 0 amide bonds. The molecule has 0 aliphatic heterocycles. The lowest BCUT2D eigenvalue weighted by atomic mass is 10.1. The first-order valence-corrected chi connectivity index (χ1v) is 4.57. The van der Waals surface area contributed by atoms with E-state index in [0.29, 0.717) is 0 Å². The maximum absolute atomic E-state index is 9.04. The average Bonchev–Trinajstić information content (AvgIpc) is 2.20. The van der Waals surface area contributed by atoms with E-state index >= 15 is 0 Å². The van der Waals surface area contributed by atoms with E-state index in [9.17, 15) is 0 Å². The second-order valence-electron chi connectivity index (χ2n) is 3.45. The molecule has 0 aliphatic rings. The molecule has 0 heterocycles. The molecule has 1 N–H and O–H groups in total. The molecule has 78 valence electrons. The van der Waals surface area contributed by atoms with Gasteiger partial charge in [-0.1, -0.05) is 0 Å². The Morgan fingerprint density at radius 2 is 1.86 bits per heavy atom. The van der Waals surface area contributed by atoms with Gasteiger partial charge in [0.05, 0.1) is 12.8 Å². The highest BCUT2D eigenvalue weighted by Gasteiger charge is 2.08. The Labute approximate surface area is 84.9 Å². The van der Waals surface area contributed by atoms with E-state index in [1.165, 1.54) is 11.1 Å². The number of hydrogen-bond acceptors (Lipinski definition) is 3. The third-order valence-corrected chi connectivity index (χ3v) is 2.42. The lowest BCUT2D eigenvalue weighted by Gasteiger charge is -2.20. The van der Waals surface area contributed by atoms with Crippen molar-refractivity contribution < 1.29 is 9.84 Å². The Bertz CT molecular complexity index is 323. The van der Waals surface area contributed by atoms with Gasteiger partial charge in [-0.2, -0.15) is 0 Å². The number of anilines is 1. The molecule has 1 rings (SSSR count). The average molecular weight is 195 g/mol. The minimum Gasteiger partial charge on any atom is -0.495 e. The standard InChI is InChI=1S/C11H17NO2/c1-8-5-10(12(3)7-13)11(14-4)6-9(8)2/h5-6,13H,7H2,1-4H3. The van der Waals surface area contributed by atoms with Crippen molar-refractivity contribution in [2.45, 2.75) is 13.8 Å². The lowest BCUT2D eigenvalue weighted by Crippen LogP contribution is -2.18. The molecule has 0 unspecified atom stereocenters. The summed E-state index contributed by atoms with van der Waals surface area (Å²) in [7, 11) is 3.46. The van der Waals surface area contributed by atoms with Crippen LogP contribution in [0.5, 0.6) is 5.75 Å². The van der Waals surface area contributed by atoms with Crippen molar-refractivity contribution >= 4 is 5.69 Å². The minimum absolute atomic E-state index is 0.0150. The molecule has 0 spiro atoms. The Morgan fingerprint density at radius 3 is 2.36 bits per heavy atom. The highest BCUT2D eigenvalue weighted by atomic mass is 16.5. The van der Waals surface area contributed by atoms with Crippen LogP contribution in [0.15, 0.2) is 12.1 Å². The summed E-state index contributed by atoms with van der Waals surface area (Å²) in [6.07, 6.45) is 0. The number of nitrogens with zero attached hydrogens (tertiary/aromatic N) is 1. The van der Waals surface area contributed by atoms with Gasteiger partial charge in [-0.3, -0.25) is 0 Å². The van der Waals surface area contributed by atoms with Gasteiger partial charge in [0.15, 0.2) is 0 Å². The number of aliphatic hydroxyl groups excluding tert-OH is 1. The molecule has 0 aromatic heterocycles. The topological polar surface area (TPSA) is 32.7 Å². The number of aryl methyl sites for hydroxylation is 2. The third-order valence-electron chi connectivity index (χ3n) is 2.42. The first kappa shape index (κ1) is 10.9. The molecule has 1 aromatic rings. The normalized spacial score (nSPS) is 10.1. The van der Waals surface area contributed by atoms with Crippen LogP contribution in [0.4, 0.5) is 5.69 Å². The highest BCUT2D eigenvalue weighted by Crippen LogP contribution is 2.30. The van der Waals surface area contributed by atoms with E-state index in [0.717, 1.165) is 11.4 Å². The predicted molar refractivity (Wildman–Crippen MR) is 58.0 cm³/mol. The Hall–Kier alpha value is -1.22. The quantitative estimate of drug-likeness (QED) is 0.745. The van der Waals surface area contributed by atoms with Crippen LogP contribution in [0, 0.1) is 13.8 Å². The fourth-order valence-electron chi connectivity index (χ4n) is 1.31. The van der Waals surface area contributed by atoms with Gasteiger partial charge in [0, 0.05) is 7.05 Å². The fourth-order valence-corrected chi connectivity index (χ4v) is 1.31. The first-order chi connectivity index (χ1) is 6.60. The summed E-state index contributed by atoms with van der Waals surface area (Å²) < 4.78 is 5.25. The van der Waals surface area contributed by atoms with E-state index in [4.69, 9.17) is 9.84 Å². The molecule has 1 aromatic carbocycles. The lowest BCUT2D eigenvalue weighted by molar-refractivity contribution is 0.296. The SMILES string of the molecule is COc1cc(C)c(C)cc1N(C)CO. The summed E-state index contributed by atoms with van der Waals surface area (Å²) in [6, 6.07) is 4.00. The van der Waals surface area contributed by atoms with Crippen LogP contribution in [-0.4, -0.2) is 26.0 Å². The first-order valence-electron chi connectivity index (χ1n) is 4.57. The predicted octanol–water partition coefficient (Wildman–Crippen LogP) is 1.70. The summed E-state index contributed by atoms with van der Waals surface area (Å²) in [4.78, 5) is 1.74. The monoisotopic (exact) mass is 195 g/mol. The van der Waals surface area contributed by atoms with Crippen molar-refractivity contribution in [2.24, 2.45) is 0 Å². The Morgan fingerprint density at radius 1 is 1.29 bits per heavy atom. The molecular weight excluding hydrogens is 178 g/mol. The van der Waals surface area contributed by atoms with Crippen LogP contribution >= 0.6 is 0 Å². The van der Waals surface area contributed by atoms with E-state index in [1.807, 2.05) is 33.0 Å². The summed E-state index contributed by atoms with van der Waals surface area (Å²) in [5.74, 6) is 0.796. The smallest absolute Gasteiger partial charge is 0.142 e. The van der Waals surface area contributed by atoms with E-state index in [1.54, 1.807) is 12.0 Å². The minimum atomic E-state index is -0.0150. The molecule has 0 radical (unpaired) electrons. The van der Waals surface area contributed by atoms with Gasteiger partial charge >= 0.3 is 0 Å². The van der Waals surface area contributed by atoms with Crippen molar-refractivity contribution in [1.82, 2.24) is 0 Å². The van der Waals surface area contributed by atoms with Crippen LogP contribution in [0.25, 0.3) is 0 Å². The molecule has 3 nitrogen and oxygen atoms in total. The van der Waals surface area contributed by atoms with Gasteiger partial charge in [-0.25, -0.2) is 0 Å². The van der Waals surface area contributed by atoms with Gasteiger partial charge in [0.1, 0.15) is 12.5 Å². The molecule has 0 saturated heterocycles. The van der Waals surface area contributed by atoms with E-state index < -0.39 is 0 Å². The number of ether oxygens (including phenoxy) is 1. The second-order valence-corrected chi connectivity index (χ2v) is 3.45. The van der Waals surface area contributed by atoms with Crippen LogP contribution in [0.3, 0.4) is 0 Å². The Kier molecular flexibility index (Phi) is 3.36. The number of hydrogen-bond donors (Lipinski definition) is 1. The van der Waals surface area contributed by atoms with Crippen molar-refractivity contribution in [3.8, 4) is 5.75 Å². The summed E-state index contributed by atoms with van der Waals surface area (Å²) in [6.45, 7) is 4.07. The van der Waals surface area contributed by atoms with Crippen molar-refractivity contribution in [1.29, 1.82) is 0 Å². The molecule has 0 aliphatic carbocycles. The third kappa shape index (κ3) is 1.99. The molecule has 0 saturated carbocycles. The van der Waals surface area contributed by atoms with Crippen LogP contribution < -0.4 is 9.64 Å². The van der Waals surface area contributed by atoms with E-state index in [-0.39, 0.29) is 6.73 Å². The number of benzene rings is 1. The number of methoxy groups -OCH3 is 1. The highest BCUT2D eigenvalue weighted by molar-refractivity contribution is 5.61. The zero-order valence-corrected chi connectivity index (χ0v) is 9.16. The molecule has 14 heavy (non-hydrogen) atoms. The second kappa shape index (κ2) is 4.33. The fraction of sp³-hybridized carbons (Fsp3) is 0.455. The molecular formula is C11H17NO2. The Balaban J connectivity index is 3.19. The summed E-state index contributed by atoms with van der Waals surface area (Å²) in [5.41, 5.74) is 3.30. The largest absolute Gasteiger partial charge is 0.495 e. The van der Waals surface area contributed by atoms with Gasteiger partial charge in [0.2, 0.25) is 0 Å². The zero-order chi connectivity index (χ0) is 10.7. The van der Waals surface area contributed by atoms with Gasteiger partial charge in [-0.15, -0.1) is 0 Å². The summed E-state index contributed by atoms with van der Waals surface area (Å²) in [5, 5.41) is 9.04. The number of rotatable bonds is 3. The maximum atomic E-state index is 9.04. The van der Waals surface area contributed by atoms with Gasteiger partial charge < -0.3 is 14.7 Å². The maximum Gasteiger partial charge on any atom is 0.142 e. The van der Waals surface area contributed by atoms with Crippen LogP contribution in [0.2, 0.25) is 0 Å². The molecule has 0 bridgehead atoms. The van der Waals surface area contributed by atoms with Crippen molar-refractivity contribution in [3.05, 3.63) is 23.3 Å². The van der Waals surface area contributed by atoms with E-state index in [2.05, 4.69) is 0 Å². The van der Waals surface area contributed by atoms with Crippen molar-refractivity contribution in [2.75, 3.05) is 25.8 Å². The summed E-state index contributed by atoms with van der Waals surface area (Å²) >= 11 is 0. The van der Waals surface area contributed by atoms with Crippen molar-refractivity contribution in [3.63, 3.8) is 0 Å². The molecule has 0 fully saturated rings. The van der Waals surface area contributed by atoms with Gasteiger partial charge in [-0.05, 0) is 37.1 Å².